The van der Waals surface area contributed by atoms with Gasteiger partial charge >= 0.3 is 0 Å². The number of rotatable bonds is 5. The first-order valence-electron chi connectivity index (χ1n) is 10.8. The van der Waals surface area contributed by atoms with E-state index in [9.17, 15) is 9.59 Å². The lowest BCUT2D eigenvalue weighted by atomic mass is 10.0. The summed E-state index contributed by atoms with van der Waals surface area (Å²) >= 11 is 7.47. The molecular formula is C23H25ClN4O2S. The molecule has 3 heterocycles. The quantitative estimate of drug-likeness (QED) is 0.624. The second-order valence-corrected chi connectivity index (χ2v) is 10.0. The minimum atomic E-state index is -0.0365. The van der Waals surface area contributed by atoms with Gasteiger partial charge in [-0.2, -0.15) is 5.10 Å². The Labute approximate surface area is 190 Å². The summed E-state index contributed by atoms with van der Waals surface area (Å²) in [5.41, 5.74) is 2.03. The van der Waals surface area contributed by atoms with Gasteiger partial charge < -0.3 is 10.2 Å². The second kappa shape index (κ2) is 8.28. The molecule has 1 aliphatic carbocycles. The molecule has 2 aliphatic rings. The Bertz CT molecular complexity index is 1120. The molecule has 8 heteroatoms. The van der Waals surface area contributed by atoms with E-state index in [1.807, 2.05) is 46.8 Å². The maximum absolute atomic E-state index is 12.9. The van der Waals surface area contributed by atoms with Gasteiger partial charge in [-0.3, -0.25) is 14.3 Å². The average molecular weight is 457 g/mol. The van der Waals surface area contributed by atoms with Gasteiger partial charge in [0, 0.05) is 35.5 Å². The van der Waals surface area contributed by atoms with Crippen molar-refractivity contribution in [3.63, 3.8) is 0 Å². The van der Waals surface area contributed by atoms with Crippen molar-refractivity contribution in [2.45, 2.75) is 45.2 Å². The zero-order valence-corrected chi connectivity index (χ0v) is 19.0. The van der Waals surface area contributed by atoms with Crippen molar-refractivity contribution < 1.29 is 9.59 Å². The first-order chi connectivity index (χ1) is 15.0. The van der Waals surface area contributed by atoms with Crippen LogP contribution in [0.15, 0.2) is 30.3 Å². The van der Waals surface area contributed by atoms with Crippen LogP contribution < -0.4 is 5.32 Å². The molecule has 2 aromatic heterocycles. The van der Waals surface area contributed by atoms with Crippen LogP contribution in [0.1, 0.15) is 46.6 Å². The van der Waals surface area contributed by atoms with Crippen LogP contribution in [-0.2, 0) is 11.3 Å². The van der Waals surface area contributed by atoms with Gasteiger partial charge in [0.15, 0.2) is 0 Å². The summed E-state index contributed by atoms with van der Waals surface area (Å²) in [7, 11) is 0. The molecule has 162 valence electrons. The van der Waals surface area contributed by atoms with E-state index < -0.39 is 0 Å². The van der Waals surface area contributed by atoms with Crippen molar-refractivity contribution >= 4 is 45.0 Å². The fourth-order valence-corrected chi connectivity index (χ4v) is 5.37. The number of thiophene rings is 1. The van der Waals surface area contributed by atoms with Crippen LogP contribution in [0.3, 0.4) is 0 Å². The van der Waals surface area contributed by atoms with E-state index in [1.165, 1.54) is 11.3 Å². The van der Waals surface area contributed by atoms with Crippen molar-refractivity contribution in [1.29, 1.82) is 0 Å². The van der Waals surface area contributed by atoms with Crippen LogP contribution in [-0.4, -0.2) is 45.6 Å². The van der Waals surface area contributed by atoms with Crippen molar-refractivity contribution in [2.24, 2.45) is 5.92 Å². The number of nitrogens with zero attached hydrogens (tertiary/aromatic N) is 3. The molecule has 1 aromatic carbocycles. The molecule has 0 spiro atoms. The monoisotopic (exact) mass is 456 g/mol. The Hall–Kier alpha value is -2.38. The molecule has 2 amide bonds. The first kappa shape index (κ1) is 20.5. The third-order valence-electron chi connectivity index (χ3n) is 6.15. The van der Waals surface area contributed by atoms with Gasteiger partial charge in [-0.25, -0.2) is 0 Å². The van der Waals surface area contributed by atoms with Crippen molar-refractivity contribution in [3.8, 4) is 0 Å². The van der Waals surface area contributed by atoms with Crippen LogP contribution in [0.4, 0.5) is 0 Å². The third-order valence-corrected chi connectivity index (χ3v) is 7.54. The van der Waals surface area contributed by atoms with Gasteiger partial charge in [-0.1, -0.05) is 23.7 Å². The largest absolute Gasteiger partial charge is 0.348 e. The number of piperidine rings is 1. The van der Waals surface area contributed by atoms with Crippen LogP contribution in [0.25, 0.3) is 10.2 Å². The molecule has 31 heavy (non-hydrogen) atoms. The van der Waals surface area contributed by atoms with E-state index in [1.54, 1.807) is 0 Å². The molecule has 1 N–H and O–H groups in total. The van der Waals surface area contributed by atoms with Gasteiger partial charge in [-0.05, 0) is 56.4 Å². The molecule has 5 rings (SSSR count). The van der Waals surface area contributed by atoms with Gasteiger partial charge in [0.25, 0.3) is 5.91 Å². The van der Waals surface area contributed by atoms with Gasteiger partial charge in [0.05, 0.1) is 17.1 Å². The molecule has 3 aromatic rings. The first-order valence-corrected chi connectivity index (χ1v) is 12.0. The molecule has 2 fully saturated rings. The number of likely N-dealkylation sites (tertiary alicyclic amines) is 1. The molecule has 1 aliphatic heterocycles. The van der Waals surface area contributed by atoms with Crippen LogP contribution in [0, 0.1) is 12.8 Å². The third kappa shape index (κ3) is 4.34. The molecule has 0 bridgehead atoms. The van der Waals surface area contributed by atoms with E-state index in [-0.39, 0.29) is 17.9 Å². The van der Waals surface area contributed by atoms with Crippen LogP contribution >= 0.6 is 22.9 Å². The number of carbonyl (C=O) groups is 2. The lowest BCUT2D eigenvalue weighted by Crippen LogP contribution is -2.46. The summed E-state index contributed by atoms with van der Waals surface area (Å²) in [6.45, 7) is 4.09. The summed E-state index contributed by atoms with van der Waals surface area (Å²) in [4.78, 5) is 28.8. The Balaban J connectivity index is 1.25. The summed E-state index contributed by atoms with van der Waals surface area (Å²) in [5.74, 6) is 0.529. The molecule has 0 radical (unpaired) electrons. The number of aryl methyl sites for hydroxylation is 1. The zero-order valence-electron chi connectivity index (χ0n) is 17.4. The van der Waals surface area contributed by atoms with E-state index in [0.717, 1.165) is 60.2 Å². The Kier molecular flexibility index (Phi) is 5.48. The summed E-state index contributed by atoms with van der Waals surface area (Å²) < 4.78 is 1.96. The molecule has 6 nitrogen and oxygen atoms in total. The summed E-state index contributed by atoms with van der Waals surface area (Å²) in [5, 5.41) is 9.56. The Morgan fingerprint density at radius 1 is 1.16 bits per heavy atom. The number of fused-ring (bicyclic) bond motifs is 1. The number of nitrogens with one attached hydrogen (secondary N) is 1. The smallest absolute Gasteiger partial charge is 0.261 e. The fraction of sp³-hybridized carbons (Fsp3) is 0.435. The van der Waals surface area contributed by atoms with Gasteiger partial charge in [-0.15, -0.1) is 11.3 Å². The highest BCUT2D eigenvalue weighted by Gasteiger charge is 2.35. The standard InChI is InChI=1S/C23H25ClN4O2S/c1-14-19-12-20(31-23(19)28(26-14)13-15-2-6-17(24)7-3-15)21(29)25-18-8-10-27(11-9-18)22(30)16-4-5-16/h2-3,6-7,12,16,18H,4-5,8-11,13H2,1H3,(H,25,29). The van der Waals surface area contributed by atoms with Gasteiger partial charge in [0.1, 0.15) is 4.83 Å². The maximum Gasteiger partial charge on any atom is 0.261 e. The molecule has 1 saturated heterocycles. The Morgan fingerprint density at radius 3 is 2.55 bits per heavy atom. The lowest BCUT2D eigenvalue weighted by molar-refractivity contribution is -0.133. The normalized spacial score (nSPS) is 17.3. The van der Waals surface area contributed by atoms with Gasteiger partial charge in [0.2, 0.25) is 5.91 Å². The van der Waals surface area contributed by atoms with E-state index in [0.29, 0.717) is 22.4 Å². The minimum Gasteiger partial charge on any atom is -0.348 e. The molecule has 1 saturated carbocycles. The van der Waals surface area contributed by atoms with Crippen molar-refractivity contribution in [2.75, 3.05) is 13.1 Å². The maximum atomic E-state index is 12.9. The predicted octanol–water partition coefficient (Wildman–Crippen LogP) is 4.24. The van der Waals surface area contributed by atoms with Crippen molar-refractivity contribution in [3.05, 3.63) is 51.5 Å². The molecule has 0 atom stereocenters. The lowest BCUT2D eigenvalue weighted by Gasteiger charge is -2.32. The number of benzene rings is 1. The van der Waals surface area contributed by atoms with Crippen LogP contribution in [0.2, 0.25) is 5.02 Å². The Morgan fingerprint density at radius 2 is 1.87 bits per heavy atom. The van der Waals surface area contributed by atoms with E-state index in [2.05, 4.69) is 10.4 Å². The summed E-state index contributed by atoms with van der Waals surface area (Å²) in [6.07, 6.45) is 3.71. The minimum absolute atomic E-state index is 0.0365. The number of aromatic nitrogens is 2. The topological polar surface area (TPSA) is 67.2 Å². The molecule has 0 unspecified atom stereocenters. The predicted molar refractivity (Wildman–Crippen MR) is 123 cm³/mol. The number of hydrogen-bond donors (Lipinski definition) is 1. The number of hydrogen-bond acceptors (Lipinski definition) is 4. The van der Waals surface area contributed by atoms with E-state index >= 15 is 0 Å². The van der Waals surface area contributed by atoms with Crippen LogP contribution in [0.5, 0.6) is 0 Å². The number of halogens is 1. The molecular weight excluding hydrogens is 432 g/mol. The van der Waals surface area contributed by atoms with Crippen molar-refractivity contribution in [1.82, 2.24) is 20.0 Å². The summed E-state index contributed by atoms with van der Waals surface area (Å²) in [6, 6.07) is 9.80. The number of carbonyl (C=O) groups excluding carboxylic acids is 2. The highest BCUT2D eigenvalue weighted by atomic mass is 35.5. The number of amides is 2. The average Bonchev–Trinajstić information content (AvgIpc) is 3.45. The zero-order chi connectivity index (χ0) is 21.5. The van der Waals surface area contributed by atoms with E-state index in [4.69, 9.17) is 11.6 Å². The fourth-order valence-electron chi connectivity index (χ4n) is 4.18. The second-order valence-electron chi connectivity index (χ2n) is 8.55. The highest BCUT2D eigenvalue weighted by molar-refractivity contribution is 7.20. The SMILES string of the molecule is Cc1nn(Cc2ccc(Cl)cc2)c2sc(C(=O)NC3CCN(C(=O)C4CC4)CC3)cc12. The highest BCUT2D eigenvalue weighted by Crippen LogP contribution is 2.32.